The molecule has 0 saturated heterocycles. The first-order valence-corrected chi connectivity index (χ1v) is 9.73. The molecule has 0 bridgehead atoms. The van der Waals surface area contributed by atoms with Gasteiger partial charge in [0.25, 0.3) is 0 Å². The summed E-state index contributed by atoms with van der Waals surface area (Å²) in [5, 5.41) is 7.25. The van der Waals surface area contributed by atoms with Gasteiger partial charge in [-0.15, -0.1) is 0 Å². The summed E-state index contributed by atoms with van der Waals surface area (Å²) in [6, 6.07) is 10.8. The van der Waals surface area contributed by atoms with Crippen molar-refractivity contribution in [2.24, 2.45) is 5.10 Å². The molecule has 2 rings (SSSR count). The molecule has 0 aliphatic rings. The fourth-order valence-electron chi connectivity index (χ4n) is 2.73. The molecule has 0 heterocycles. The Hall–Kier alpha value is -2.86. The lowest BCUT2D eigenvalue weighted by Crippen LogP contribution is -2.20. The summed E-state index contributed by atoms with van der Waals surface area (Å²) in [4.78, 5) is 23.9. The fourth-order valence-corrected chi connectivity index (χ4v) is 2.92. The van der Waals surface area contributed by atoms with Crippen molar-refractivity contribution < 1.29 is 14.3 Å². The molecule has 2 N–H and O–H groups in total. The molecule has 0 fully saturated rings. The highest BCUT2D eigenvalue weighted by Gasteiger charge is 2.11. The number of rotatable bonds is 8. The molecule has 0 aliphatic carbocycles. The van der Waals surface area contributed by atoms with Crippen molar-refractivity contribution in [1.29, 1.82) is 0 Å². The third-order valence-electron chi connectivity index (χ3n) is 4.32. The summed E-state index contributed by atoms with van der Waals surface area (Å²) < 4.78 is 5.43. The van der Waals surface area contributed by atoms with E-state index in [0.29, 0.717) is 16.6 Å². The van der Waals surface area contributed by atoms with E-state index in [1.807, 2.05) is 19.1 Å². The number of nitrogens with one attached hydrogen (secondary N) is 2. The Morgan fingerprint density at radius 1 is 1.17 bits per heavy atom. The van der Waals surface area contributed by atoms with Crippen LogP contribution >= 0.6 is 11.6 Å². The zero-order valence-electron chi connectivity index (χ0n) is 17.1. The first kappa shape index (κ1) is 22.4. The average molecular weight is 416 g/mol. The average Bonchev–Trinajstić information content (AvgIpc) is 2.67. The molecule has 0 unspecified atom stereocenters. The molecule has 29 heavy (non-hydrogen) atoms. The minimum atomic E-state index is -0.335. The van der Waals surface area contributed by atoms with Crippen molar-refractivity contribution >= 4 is 35.3 Å². The molecule has 2 amide bonds. The molecule has 0 spiro atoms. The van der Waals surface area contributed by atoms with E-state index in [-0.39, 0.29) is 24.7 Å². The van der Waals surface area contributed by atoms with Crippen LogP contribution in [0, 0.1) is 6.92 Å². The topological polar surface area (TPSA) is 79.8 Å². The standard InChI is InChI=1S/C22H26ClN3O3/c1-14(2)19-11-16(15(3)10-20(19)29-4)13-24-26-22(28)9-8-21(27)25-18-7-5-6-17(23)12-18/h5-7,10-14H,8-9H2,1-4H3,(H,25,27)(H,26,28). The van der Waals surface area contributed by atoms with Crippen LogP contribution in [-0.4, -0.2) is 25.1 Å². The van der Waals surface area contributed by atoms with Crippen molar-refractivity contribution in [2.45, 2.75) is 39.5 Å². The first-order valence-electron chi connectivity index (χ1n) is 9.36. The van der Waals surface area contributed by atoms with E-state index < -0.39 is 0 Å². The van der Waals surface area contributed by atoms with Crippen molar-refractivity contribution in [1.82, 2.24) is 5.43 Å². The van der Waals surface area contributed by atoms with Crippen LogP contribution in [0.1, 0.15) is 49.3 Å². The summed E-state index contributed by atoms with van der Waals surface area (Å²) in [7, 11) is 1.65. The van der Waals surface area contributed by atoms with E-state index in [1.165, 1.54) is 0 Å². The predicted octanol–water partition coefficient (Wildman–Crippen LogP) is 4.65. The second kappa shape index (κ2) is 10.6. The van der Waals surface area contributed by atoms with Crippen molar-refractivity contribution in [3.8, 4) is 5.75 Å². The quantitative estimate of drug-likeness (QED) is 0.486. The van der Waals surface area contributed by atoms with Crippen LogP contribution in [0.15, 0.2) is 41.5 Å². The molecular formula is C22H26ClN3O3. The highest BCUT2D eigenvalue weighted by Crippen LogP contribution is 2.29. The van der Waals surface area contributed by atoms with Gasteiger partial charge in [-0.3, -0.25) is 9.59 Å². The van der Waals surface area contributed by atoms with E-state index in [9.17, 15) is 9.59 Å². The van der Waals surface area contributed by atoms with Gasteiger partial charge in [-0.05, 0) is 59.9 Å². The third kappa shape index (κ3) is 6.91. The summed E-state index contributed by atoms with van der Waals surface area (Å²) in [5.74, 6) is 0.534. The van der Waals surface area contributed by atoms with Gasteiger partial charge in [0.05, 0.1) is 13.3 Å². The summed E-state index contributed by atoms with van der Waals surface area (Å²) >= 11 is 5.88. The minimum Gasteiger partial charge on any atom is -0.496 e. The Bertz CT molecular complexity index is 910. The zero-order valence-corrected chi connectivity index (χ0v) is 17.8. The number of halogens is 1. The summed E-state index contributed by atoms with van der Waals surface area (Å²) in [6.07, 6.45) is 1.68. The number of anilines is 1. The summed E-state index contributed by atoms with van der Waals surface area (Å²) in [6.45, 7) is 6.13. The van der Waals surface area contributed by atoms with Crippen molar-refractivity contribution in [2.75, 3.05) is 12.4 Å². The first-order chi connectivity index (χ1) is 13.8. The molecule has 0 saturated carbocycles. The maximum Gasteiger partial charge on any atom is 0.240 e. The largest absolute Gasteiger partial charge is 0.496 e. The SMILES string of the molecule is COc1cc(C)c(C=NNC(=O)CCC(=O)Nc2cccc(Cl)c2)cc1C(C)C. The maximum atomic E-state index is 12.0. The second-order valence-corrected chi connectivity index (χ2v) is 7.39. The Balaban J connectivity index is 1.88. The highest BCUT2D eigenvalue weighted by molar-refractivity contribution is 6.30. The molecule has 0 radical (unpaired) electrons. The molecule has 0 aliphatic heterocycles. The predicted molar refractivity (Wildman–Crippen MR) is 117 cm³/mol. The van der Waals surface area contributed by atoms with E-state index in [0.717, 1.165) is 22.4 Å². The second-order valence-electron chi connectivity index (χ2n) is 6.96. The van der Waals surface area contributed by atoms with Crippen LogP contribution < -0.4 is 15.5 Å². The molecule has 6 nitrogen and oxygen atoms in total. The number of hydrogen-bond acceptors (Lipinski definition) is 4. The number of ether oxygens (including phenoxy) is 1. The number of nitrogens with zero attached hydrogens (tertiary/aromatic N) is 1. The number of aryl methyl sites for hydroxylation is 1. The number of carbonyl (C=O) groups excluding carboxylic acids is 2. The van der Waals surface area contributed by atoms with Gasteiger partial charge in [0.1, 0.15) is 5.75 Å². The van der Waals surface area contributed by atoms with Crippen molar-refractivity contribution in [3.63, 3.8) is 0 Å². The van der Waals surface area contributed by atoms with Crippen LogP contribution in [0.4, 0.5) is 5.69 Å². The molecule has 0 atom stereocenters. The van der Waals surface area contributed by atoms with Gasteiger partial charge in [-0.25, -0.2) is 5.43 Å². The van der Waals surface area contributed by atoms with E-state index in [2.05, 4.69) is 29.7 Å². The number of hydrogen-bond donors (Lipinski definition) is 2. The van der Waals surface area contributed by atoms with E-state index in [1.54, 1.807) is 37.6 Å². The van der Waals surface area contributed by atoms with Gasteiger partial charge in [-0.2, -0.15) is 5.10 Å². The van der Waals surface area contributed by atoms with Crippen LogP contribution in [-0.2, 0) is 9.59 Å². The smallest absolute Gasteiger partial charge is 0.240 e. The minimum absolute atomic E-state index is 0.0303. The zero-order chi connectivity index (χ0) is 21.4. The maximum absolute atomic E-state index is 12.0. The molecule has 2 aromatic rings. The number of hydrazone groups is 1. The van der Waals surface area contributed by atoms with Gasteiger partial charge in [0.2, 0.25) is 11.8 Å². The van der Waals surface area contributed by atoms with Gasteiger partial charge in [-0.1, -0.05) is 31.5 Å². The van der Waals surface area contributed by atoms with Gasteiger partial charge >= 0.3 is 0 Å². The molecule has 154 valence electrons. The normalized spacial score (nSPS) is 11.0. The van der Waals surface area contributed by atoms with Crippen molar-refractivity contribution in [3.05, 3.63) is 58.1 Å². The van der Waals surface area contributed by atoms with Crippen LogP contribution in [0.2, 0.25) is 5.02 Å². The lowest BCUT2D eigenvalue weighted by atomic mass is 9.97. The van der Waals surface area contributed by atoms with E-state index in [4.69, 9.17) is 16.3 Å². The Morgan fingerprint density at radius 2 is 1.90 bits per heavy atom. The number of benzene rings is 2. The van der Waals surface area contributed by atoms with Crippen LogP contribution in [0.5, 0.6) is 5.75 Å². The third-order valence-corrected chi connectivity index (χ3v) is 4.56. The van der Waals surface area contributed by atoms with Gasteiger partial charge < -0.3 is 10.1 Å². The number of carbonyl (C=O) groups is 2. The Kier molecular flexibility index (Phi) is 8.21. The van der Waals surface area contributed by atoms with Crippen LogP contribution in [0.25, 0.3) is 0 Å². The Morgan fingerprint density at radius 3 is 2.55 bits per heavy atom. The van der Waals surface area contributed by atoms with E-state index >= 15 is 0 Å². The number of methoxy groups -OCH3 is 1. The monoisotopic (exact) mass is 415 g/mol. The fraction of sp³-hybridized carbons (Fsp3) is 0.318. The lowest BCUT2D eigenvalue weighted by molar-refractivity contribution is -0.124. The number of amides is 2. The van der Waals surface area contributed by atoms with Gasteiger partial charge in [0, 0.05) is 23.6 Å². The molecule has 0 aromatic heterocycles. The summed E-state index contributed by atoms with van der Waals surface area (Å²) in [5.41, 5.74) is 6.02. The lowest BCUT2D eigenvalue weighted by Gasteiger charge is -2.14. The van der Waals surface area contributed by atoms with Crippen LogP contribution in [0.3, 0.4) is 0 Å². The highest BCUT2D eigenvalue weighted by atomic mass is 35.5. The molecular weight excluding hydrogens is 390 g/mol. The Labute approximate surface area is 176 Å². The molecule has 7 heteroatoms. The van der Waals surface area contributed by atoms with Gasteiger partial charge in [0.15, 0.2) is 0 Å². The molecule has 2 aromatic carbocycles.